The summed E-state index contributed by atoms with van der Waals surface area (Å²) in [5.74, 6) is -2.75. The van der Waals surface area contributed by atoms with E-state index in [-0.39, 0.29) is 17.9 Å². The number of esters is 1. The molecule has 1 unspecified atom stereocenters. The van der Waals surface area contributed by atoms with Crippen LogP contribution in [0.1, 0.15) is 40.7 Å². The number of carbonyl (C=O) groups is 3. The number of ether oxygens (including phenoxy) is 1. The van der Waals surface area contributed by atoms with Crippen molar-refractivity contribution in [2.24, 2.45) is 0 Å². The van der Waals surface area contributed by atoms with E-state index in [0.29, 0.717) is 11.1 Å². The summed E-state index contributed by atoms with van der Waals surface area (Å²) < 4.78 is 18.5. The van der Waals surface area contributed by atoms with E-state index < -0.39 is 30.2 Å². The van der Waals surface area contributed by atoms with Gasteiger partial charge >= 0.3 is 5.97 Å². The molecule has 3 rings (SSSR count). The van der Waals surface area contributed by atoms with E-state index in [1.807, 2.05) is 19.1 Å². The van der Waals surface area contributed by atoms with Crippen LogP contribution in [0.3, 0.4) is 0 Å². The molecule has 1 N–H and O–H groups in total. The lowest BCUT2D eigenvalue weighted by atomic mass is 9.90. The quantitative estimate of drug-likeness (QED) is 0.660. The van der Waals surface area contributed by atoms with E-state index in [1.165, 1.54) is 12.1 Å². The van der Waals surface area contributed by atoms with E-state index in [4.69, 9.17) is 4.74 Å². The van der Waals surface area contributed by atoms with E-state index in [2.05, 4.69) is 5.32 Å². The van der Waals surface area contributed by atoms with Crippen LogP contribution in [0.2, 0.25) is 0 Å². The minimum Gasteiger partial charge on any atom is -0.457 e. The highest BCUT2D eigenvalue weighted by atomic mass is 19.1. The van der Waals surface area contributed by atoms with Crippen molar-refractivity contribution in [1.29, 1.82) is 0 Å². The van der Waals surface area contributed by atoms with Crippen LogP contribution in [0.4, 0.5) is 10.1 Å². The Kier molecular flexibility index (Phi) is 5.11. The highest BCUT2D eigenvalue weighted by Gasteiger charge is 2.32. The summed E-state index contributed by atoms with van der Waals surface area (Å²) in [6.45, 7) is 1.61. The van der Waals surface area contributed by atoms with Crippen molar-refractivity contribution >= 4 is 23.3 Å². The molecule has 0 aromatic heterocycles. The summed E-state index contributed by atoms with van der Waals surface area (Å²) in [7, 11) is 0. The number of ketones is 1. The molecule has 26 heavy (non-hydrogen) atoms. The predicted octanol–water partition coefficient (Wildman–Crippen LogP) is 3.24. The number of rotatable bonds is 5. The van der Waals surface area contributed by atoms with Crippen LogP contribution in [0.5, 0.6) is 0 Å². The fraction of sp³-hybridized carbons (Fsp3) is 0.250. The molecule has 2 aromatic rings. The van der Waals surface area contributed by atoms with Crippen molar-refractivity contribution in [2.75, 3.05) is 11.9 Å². The molecule has 134 valence electrons. The Morgan fingerprint density at radius 1 is 1.19 bits per heavy atom. The molecule has 0 fully saturated rings. The Labute approximate surface area is 150 Å². The number of hydrogen-bond acceptors (Lipinski definition) is 4. The van der Waals surface area contributed by atoms with Gasteiger partial charge < -0.3 is 10.1 Å². The Hall–Kier alpha value is -3.02. The average molecular weight is 355 g/mol. The molecule has 0 bridgehead atoms. The zero-order chi connectivity index (χ0) is 18.7. The highest BCUT2D eigenvalue weighted by Crippen LogP contribution is 2.33. The van der Waals surface area contributed by atoms with Crippen molar-refractivity contribution in [3.8, 4) is 0 Å². The van der Waals surface area contributed by atoms with Gasteiger partial charge in [0.1, 0.15) is 5.82 Å². The highest BCUT2D eigenvalue weighted by molar-refractivity contribution is 6.01. The molecule has 5 nitrogen and oxygen atoms in total. The Bertz CT molecular complexity index is 861. The SMILES string of the molecule is CCc1ccc(C(=O)COC(=O)C2CC(=O)Nc3cc(F)ccc32)cc1. The minimum absolute atomic E-state index is 0.100. The molecule has 1 aliphatic rings. The summed E-state index contributed by atoms with van der Waals surface area (Å²) in [6, 6.07) is 10.9. The first-order chi connectivity index (χ1) is 12.5. The number of anilines is 1. The van der Waals surface area contributed by atoms with Crippen LogP contribution < -0.4 is 5.32 Å². The molecule has 0 radical (unpaired) electrons. The van der Waals surface area contributed by atoms with Crippen LogP contribution in [-0.2, 0) is 20.7 Å². The number of Topliss-reactive ketones (excluding diaryl/α,β-unsaturated/α-hetero) is 1. The van der Waals surface area contributed by atoms with Gasteiger partial charge in [0, 0.05) is 17.7 Å². The Balaban J connectivity index is 1.68. The van der Waals surface area contributed by atoms with Gasteiger partial charge in [-0.2, -0.15) is 0 Å². The standard InChI is InChI=1S/C20H18FNO4/c1-2-12-3-5-13(6-4-12)18(23)11-26-20(25)16-10-19(24)22-17-9-14(21)7-8-15(16)17/h3-9,16H,2,10-11H2,1H3,(H,22,24). The topological polar surface area (TPSA) is 72.5 Å². The smallest absolute Gasteiger partial charge is 0.314 e. The lowest BCUT2D eigenvalue weighted by Crippen LogP contribution is -2.29. The third-order valence-electron chi connectivity index (χ3n) is 4.37. The minimum atomic E-state index is -0.852. The second-order valence-electron chi connectivity index (χ2n) is 6.12. The van der Waals surface area contributed by atoms with Crippen molar-refractivity contribution in [3.63, 3.8) is 0 Å². The third-order valence-corrected chi connectivity index (χ3v) is 4.37. The van der Waals surface area contributed by atoms with E-state index in [0.717, 1.165) is 18.1 Å². The summed E-state index contributed by atoms with van der Waals surface area (Å²) in [6.07, 6.45) is 0.768. The van der Waals surface area contributed by atoms with Crippen LogP contribution in [0, 0.1) is 5.82 Å². The van der Waals surface area contributed by atoms with Crippen LogP contribution in [0.15, 0.2) is 42.5 Å². The maximum Gasteiger partial charge on any atom is 0.314 e. The van der Waals surface area contributed by atoms with Crippen LogP contribution in [-0.4, -0.2) is 24.3 Å². The maximum atomic E-state index is 13.3. The first kappa shape index (κ1) is 17.8. The lowest BCUT2D eigenvalue weighted by Gasteiger charge is -2.24. The maximum absolute atomic E-state index is 13.3. The van der Waals surface area contributed by atoms with E-state index >= 15 is 0 Å². The van der Waals surface area contributed by atoms with Gasteiger partial charge in [-0.1, -0.05) is 37.3 Å². The van der Waals surface area contributed by atoms with Crippen LogP contribution >= 0.6 is 0 Å². The first-order valence-corrected chi connectivity index (χ1v) is 8.36. The monoisotopic (exact) mass is 355 g/mol. The largest absolute Gasteiger partial charge is 0.457 e. The third kappa shape index (κ3) is 3.79. The Morgan fingerprint density at radius 2 is 1.92 bits per heavy atom. The molecular weight excluding hydrogens is 337 g/mol. The number of fused-ring (bicyclic) bond motifs is 1. The van der Waals surface area contributed by atoms with Gasteiger partial charge in [-0.25, -0.2) is 4.39 Å². The second-order valence-corrected chi connectivity index (χ2v) is 6.12. The van der Waals surface area contributed by atoms with E-state index in [1.54, 1.807) is 12.1 Å². The molecule has 1 amide bonds. The summed E-state index contributed by atoms with van der Waals surface area (Å²) >= 11 is 0. The van der Waals surface area contributed by atoms with Gasteiger partial charge in [-0.3, -0.25) is 14.4 Å². The predicted molar refractivity (Wildman–Crippen MR) is 93.5 cm³/mol. The van der Waals surface area contributed by atoms with Crippen molar-refractivity contribution in [1.82, 2.24) is 0 Å². The van der Waals surface area contributed by atoms with Gasteiger partial charge in [-0.15, -0.1) is 0 Å². The van der Waals surface area contributed by atoms with Gasteiger partial charge in [-0.05, 0) is 29.7 Å². The van der Waals surface area contributed by atoms with E-state index in [9.17, 15) is 18.8 Å². The number of aryl methyl sites for hydroxylation is 1. The number of hydrogen-bond donors (Lipinski definition) is 1. The normalized spacial score (nSPS) is 15.8. The number of halogens is 1. The summed E-state index contributed by atoms with van der Waals surface area (Å²) in [4.78, 5) is 36.3. The molecule has 0 spiro atoms. The number of nitrogens with one attached hydrogen (secondary N) is 1. The molecule has 1 atom stereocenters. The van der Waals surface area contributed by atoms with Crippen molar-refractivity contribution in [3.05, 3.63) is 65.0 Å². The molecule has 0 aliphatic carbocycles. The number of amides is 1. The zero-order valence-electron chi connectivity index (χ0n) is 14.3. The molecular formula is C20H18FNO4. The van der Waals surface area contributed by atoms with Gasteiger partial charge in [0.15, 0.2) is 12.4 Å². The molecule has 6 heteroatoms. The summed E-state index contributed by atoms with van der Waals surface area (Å²) in [5.41, 5.74) is 2.30. The second kappa shape index (κ2) is 7.47. The molecule has 0 saturated heterocycles. The zero-order valence-corrected chi connectivity index (χ0v) is 14.3. The average Bonchev–Trinajstić information content (AvgIpc) is 2.64. The molecule has 0 saturated carbocycles. The number of benzene rings is 2. The number of carbonyl (C=O) groups excluding carboxylic acids is 3. The molecule has 1 heterocycles. The fourth-order valence-electron chi connectivity index (χ4n) is 2.89. The molecule has 2 aromatic carbocycles. The van der Waals surface area contributed by atoms with Crippen LogP contribution in [0.25, 0.3) is 0 Å². The van der Waals surface area contributed by atoms with Crippen molar-refractivity contribution < 1.29 is 23.5 Å². The van der Waals surface area contributed by atoms with Gasteiger partial charge in [0.05, 0.1) is 5.92 Å². The van der Waals surface area contributed by atoms with Gasteiger partial charge in [0.2, 0.25) is 5.91 Å². The Morgan fingerprint density at radius 3 is 2.62 bits per heavy atom. The van der Waals surface area contributed by atoms with Crippen molar-refractivity contribution in [2.45, 2.75) is 25.7 Å². The summed E-state index contributed by atoms with van der Waals surface area (Å²) in [5, 5.41) is 2.53. The lowest BCUT2D eigenvalue weighted by molar-refractivity contribution is -0.145. The molecule has 1 aliphatic heterocycles. The van der Waals surface area contributed by atoms with Gasteiger partial charge in [0.25, 0.3) is 0 Å². The first-order valence-electron chi connectivity index (χ1n) is 8.36. The fourth-order valence-corrected chi connectivity index (χ4v) is 2.89.